The van der Waals surface area contributed by atoms with Gasteiger partial charge in [-0.1, -0.05) is 0 Å². The molecule has 0 aromatic heterocycles. The molecule has 0 aliphatic carbocycles. The number of β-amino-alcohol motifs (C(OH)–C–C–N with tert-alkyl or cyclic N) is 1. The van der Waals surface area contributed by atoms with Gasteiger partial charge in [0, 0.05) is 19.1 Å². The van der Waals surface area contributed by atoms with Crippen molar-refractivity contribution in [1.82, 2.24) is 15.1 Å². The fourth-order valence-corrected chi connectivity index (χ4v) is 3.78. The summed E-state index contributed by atoms with van der Waals surface area (Å²) >= 11 is 0. The van der Waals surface area contributed by atoms with Crippen LogP contribution in [0.5, 0.6) is 0 Å². The summed E-state index contributed by atoms with van der Waals surface area (Å²) in [6.07, 6.45) is 4.88. The van der Waals surface area contributed by atoms with Gasteiger partial charge in [-0.15, -0.1) is 0 Å². The molecular formula is C14H25N3O2. The number of piperidine rings is 1. The van der Waals surface area contributed by atoms with Crippen LogP contribution in [0.3, 0.4) is 0 Å². The molecule has 19 heavy (non-hydrogen) atoms. The lowest BCUT2D eigenvalue weighted by molar-refractivity contribution is -0.136. The minimum absolute atomic E-state index is 0.0772. The van der Waals surface area contributed by atoms with Crippen LogP contribution in [0.1, 0.15) is 32.1 Å². The SMILES string of the molecule is O=C(C1CCCN1C1CCNCC1)N1CCC(O)C1. The van der Waals surface area contributed by atoms with E-state index in [0.717, 1.165) is 58.3 Å². The first-order valence-corrected chi connectivity index (χ1v) is 7.69. The number of rotatable bonds is 2. The number of hydrogen-bond donors (Lipinski definition) is 2. The zero-order chi connectivity index (χ0) is 13.2. The second-order valence-corrected chi connectivity index (χ2v) is 6.10. The maximum absolute atomic E-state index is 12.6. The fourth-order valence-electron chi connectivity index (χ4n) is 3.78. The number of nitrogens with zero attached hydrogens (tertiary/aromatic N) is 2. The first-order valence-electron chi connectivity index (χ1n) is 7.69. The standard InChI is InChI=1S/C14H25N3O2/c18-12-5-9-16(10-12)14(19)13-2-1-8-17(13)11-3-6-15-7-4-11/h11-13,15,18H,1-10H2. The summed E-state index contributed by atoms with van der Waals surface area (Å²) in [7, 11) is 0. The third kappa shape index (κ3) is 2.78. The van der Waals surface area contributed by atoms with E-state index in [9.17, 15) is 9.90 Å². The molecule has 2 atom stereocenters. The number of aliphatic hydroxyl groups excluding tert-OH is 1. The largest absolute Gasteiger partial charge is 0.391 e. The van der Waals surface area contributed by atoms with Crippen molar-refractivity contribution in [2.75, 3.05) is 32.7 Å². The number of carbonyl (C=O) groups is 1. The predicted octanol–water partition coefficient (Wildman–Crippen LogP) is -0.204. The highest BCUT2D eigenvalue weighted by atomic mass is 16.3. The number of nitrogens with one attached hydrogen (secondary N) is 1. The normalized spacial score (nSPS) is 34.1. The molecule has 3 saturated heterocycles. The summed E-state index contributed by atoms with van der Waals surface area (Å²) < 4.78 is 0. The van der Waals surface area contributed by atoms with E-state index in [1.807, 2.05) is 4.90 Å². The third-order valence-electron chi connectivity index (χ3n) is 4.83. The van der Waals surface area contributed by atoms with E-state index in [2.05, 4.69) is 10.2 Å². The van der Waals surface area contributed by atoms with E-state index in [1.54, 1.807) is 0 Å². The summed E-state index contributed by atoms with van der Waals surface area (Å²) in [6, 6.07) is 0.652. The summed E-state index contributed by atoms with van der Waals surface area (Å²) in [5, 5.41) is 13.0. The van der Waals surface area contributed by atoms with Gasteiger partial charge in [0.2, 0.25) is 5.91 Å². The van der Waals surface area contributed by atoms with Crippen LogP contribution in [-0.2, 0) is 4.79 Å². The Bertz CT molecular complexity index is 331. The van der Waals surface area contributed by atoms with Gasteiger partial charge in [0.25, 0.3) is 0 Å². The Hall–Kier alpha value is -0.650. The molecule has 0 saturated carbocycles. The molecule has 0 spiro atoms. The van der Waals surface area contributed by atoms with Gasteiger partial charge in [-0.3, -0.25) is 9.69 Å². The second kappa shape index (κ2) is 5.77. The van der Waals surface area contributed by atoms with Crippen LogP contribution in [-0.4, -0.2) is 71.7 Å². The first kappa shape index (κ1) is 13.3. The van der Waals surface area contributed by atoms with E-state index in [-0.39, 0.29) is 18.1 Å². The van der Waals surface area contributed by atoms with Crippen molar-refractivity contribution in [3.05, 3.63) is 0 Å². The van der Waals surface area contributed by atoms with Gasteiger partial charge in [0.15, 0.2) is 0 Å². The van der Waals surface area contributed by atoms with Gasteiger partial charge < -0.3 is 15.3 Å². The van der Waals surface area contributed by atoms with Gasteiger partial charge in [0.1, 0.15) is 0 Å². The minimum atomic E-state index is -0.308. The highest BCUT2D eigenvalue weighted by Gasteiger charge is 2.39. The van der Waals surface area contributed by atoms with Crippen molar-refractivity contribution in [2.24, 2.45) is 0 Å². The summed E-state index contributed by atoms with van der Waals surface area (Å²) in [4.78, 5) is 16.9. The van der Waals surface area contributed by atoms with Crippen molar-refractivity contribution >= 4 is 5.91 Å². The van der Waals surface area contributed by atoms with Crippen molar-refractivity contribution in [3.63, 3.8) is 0 Å². The highest BCUT2D eigenvalue weighted by molar-refractivity contribution is 5.82. The highest BCUT2D eigenvalue weighted by Crippen LogP contribution is 2.26. The zero-order valence-electron chi connectivity index (χ0n) is 11.6. The van der Waals surface area contributed by atoms with Crippen LogP contribution < -0.4 is 5.32 Å². The molecule has 3 aliphatic rings. The average Bonchev–Trinajstić information content (AvgIpc) is 3.07. The van der Waals surface area contributed by atoms with Crippen LogP contribution in [0, 0.1) is 0 Å². The molecule has 2 unspecified atom stereocenters. The van der Waals surface area contributed by atoms with E-state index >= 15 is 0 Å². The minimum Gasteiger partial charge on any atom is -0.391 e. The van der Waals surface area contributed by atoms with E-state index in [1.165, 1.54) is 0 Å². The summed E-state index contributed by atoms with van der Waals surface area (Å²) in [5.41, 5.74) is 0. The van der Waals surface area contributed by atoms with Crippen molar-refractivity contribution in [3.8, 4) is 0 Å². The van der Waals surface area contributed by atoms with Crippen molar-refractivity contribution in [1.29, 1.82) is 0 Å². The van der Waals surface area contributed by atoms with E-state index in [0.29, 0.717) is 12.6 Å². The van der Waals surface area contributed by atoms with Gasteiger partial charge in [0.05, 0.1) is 12.1 Å². The number of amides is 1. The molecule has 108 valence electrons. The van der Waals surface area contributed by atoms with Crippen LogP contribution in [0.15, 0.2) is 0 Å². The van der Waals surface area contributed by atoms with Crippen molar-refractivity contribution in [2.45, 2.75) is 50.3 Å². The van der Waals surface area contributed by atoms with Crippen LogP contribution >= 0.6 is 0 Å². The van der Waals surface area contributed by atoms with E-state index in [4.69, 9.17) is 0 Å². The molecule has 0 bridgehead atoms. The van der Waals surface area contributed by atoms with Crippen LogP contribution in [0.2, 0.25) is 0 Å². The summed E-state index contributed by atoms with van der Waals surface area (Å²) in [6.45, 7) is 4.48. The maximum Gasteiger partial charge on any atom is 0.240 e. The number of likely N-dealkylation sites (tertiary alicyclic amines) is 2. The van der Waals surface area contributed by atoms with Gasteiger partial charge in [-0.05, 0) is 51.7 Å². The van der Waals surface area contributed by atoms with E-state index < -0.39 is 0 Å². The van der Waals surface area contributed by atoms with Gasteiger partial charge >= 0.3 is 0 Å². The predicted molar refractivity (Wildman–Crippen MR) is 72.8 cm³/mol. The Balaban J connectivity index is 1.63. The average molecular weight is 267 g/mol. The molecule has 3 fully saturated rings. The van der Waals surface area contributed by atoms with Gasteiger partial charge in [-0.25, -0.2) is 0 Å². The molecule has 0 aromatic rings. The lowest BCUT2D eigenvalue weighted by atomic mass is 10.0. The fraction of sp³-hybridized carbons (Fsp3) is 0.929. The number of aliphatic hydroxyl groups is 1. The van der Waals surface area contributed by atoms with Crippen molar-refractivity contribution < 1.29 is 9.90 Å². The van der Waals surface area contributed by atoms with Crippen LogP contribution in [0.25, 0.3) is 0 Å². The summed E-state index contributed by atoms with van der Waals surface area (Å²) in [5.74, 6) is 0.257. The molecule has 2 N–H and O–H groups in total. The molecule has 1 amide bonds. The lowest BCUT2D eigenvalue weighted by Gasteiger charge is -2.36. The number of hydrogen-bond acceptors (Lipinski definition) is 4. The Morgan fingerprint density at radius 1 is 1.11 bits per heavy atom. The molecule has 0 radical (unpaired) electrons. The maximum atomic E-state index is 12.6. The monoisotopic (exact) mass is 267 g/mol. The molecule has 5 nitrogen and oxygen atoms in total. The zero-order valence-corrected chi connectivity index (χ0v) is 11.6. The molecule has 3 heterocycles. The Labute approximate surface area is 114 Å². The smallest absolute Gasteiger partial charge is 0.240 e. The lowest BCUT2D eigenvalue weighted by Crippen LogP contribution is -2.51. The topological polar surface area (TPSA) is 55.8 Å². The molecule has 3 aliphatic heterocycles. The van der Waals surface area contributed by atoms with Crippen LogP contribution in [0.4, 0.5) is 0 Å². The Morgan fingerprint density at radius 2 is 1.89 bits per heavy atom. The number of carbonyl (C=O) groups excluding carboxylic acids is 1. The Morgan fingerprint density at radius 3 is 2.58 bits per heavy atom. The molecular weight excluding hydrogens is 242 g/mol. The first-order chi connectivity index (χ1) is 9.25. The third-order valence-corrected chi connectivity index (χ3v) is 4.83. The second-order valence-electron chi connectivity index (χ2n) is 6.10. The molecule has 3 rings (SSSR count). The molecule has 5 heteroatoms. The van der Waals surface area contributed by atoms with Gasteiger partial charge in [-0.2, -0.15) is 0 Å². The quantitative estimate of drug-likeness (QED) is 0.727. The molecule has 0 aromatic carbocycles. The Kier molecular flexibility index (Phi) is 4.05.